The lowest BCUT2D eigenvalue weighted by Crippen LogP contribution is -2.45. The molecule has 0 aromatic carbocycles. The zero-order valence-electron chi connectivity index (χ0n) is 16.4. The summed E-state index contributed by atoms with van der Waals surface area (Å²) < 4.78 is 0. The fourth-order valence-corrected chi connectivity index (χ4v) is 4.95. The Morgan fingerprint density at radius 3 is 2.15 bits per heavy atom. The lowest BCUT2D eigenvalue weighted by atomic mass is 9.81. The number of hydrogen-bond acceptors (Lipinski definition) is 5. The molecule has 0 spiro atoms. The van der Waals surface area contributed by atoms with Crippen LogP contribution < -0.4 is 5.73 Å². The minimum atomic E-state index is -0.520. The molecule has 3 heterocycles. The van der Waals surface area contributed by atoms with Gasteiger partial charge >= 0.3 is 0 Å². The van der Waals surface area contributed by atoms with E-state index in [1.165, 1.54) is 70.7 Å². The number of carbonyl (C=O) groups excluding carboxylic acids is 1. The number of nitrogens with zero attached hydrogens (tertiary/aromatic N) is 4. The summed E-state index contributed by atoms with van der Waals surface area (Å²) in [6.45, 7) is 5.79. The molecule has 0 unspecified atom stereocenters. The van der Waals surface area contributed by atoms with Gasteiger partial charge in [-0.3, -0.25) is 14.7 Å². The van der Waals surface area contributed by atoms with E-state index in [1.54, 1.807) is 6.20 Å². The number of piperidine rings is 2. The van der Waals surface area contributed by atoms with Crippen LogP contribution in [0, 0.1) is 11.8 Å². The van der Waals surface area contributed by atoms with Gasteiger partial charge in [-0.25, -0.2) is 4.98 Å². The van der Waals surface area contributed by atoms with Crippen molar-refractivity contribution in [2.24, 2.45) is 17.6 Å². The molecule has 1 aliphatic carbocycles. The third kappa shape index (κ3) is 4.85. The average Bonchev–Trinajstić information content (AvgIpc) is 2.64. The van der Waals surface area contributed by atoms with E-state index in [9.17, 15) is 4.79 Å². The van der Waals surface area contributed by atoms with E-state index in [0.717, 1.165) is 43.2 Å². The minimum Gasteiger partial charge on any atom is -0.364 e. The average molecular weight is 372 g/mol. The van der Waals surface area contributed by atoms with Gasteiger partial charge in [0.15, 0.2) is 0 Å². The van der Waals surface area contributed by atoms with Crippen LogP contribution in [0.25, 0.3) is 0 Å². The first-order valence-electron chi connectivity index (χ1n) is 10.7. The molecule has 6 nitrogen and oxygen atoms in total. The number of nitrogens with two attached hydrogens (primary N) is 1. The maximum Gasteiger partial charge on any atom is 0.268 e. The van der Waals surface area contributed by atoms with Crippen LogP contribution in [0.2, 0.25) is 0 Å². The quantitative estimate of drug-likeness (QED) is 0.831. The van der Waals surface area contributed by atoms with Crippen LogP contribution in [0.15, 0.2) is 12.4 Å². The second-order valence-electron chi connectivity index (χ2n) is 8.78. The highest BCUT2D eigenvalue weighted by molar-refractivity contribution is 5.90. The molecule has 0 bridgehead atoms. The number of aromatic nitrogens is 2. The molecule has 3 aliphatic rings. The molecule has 0 atom stereocenters. The fourth-order valence-electron chi connectivity index (χ4n) is 4.95. The zero-order valence-corrected chi connectivity index (χ0v) is 16.4. The number of primary amides is 1. The first-order chi connectivity index (χ1) is 13.2. The van der Waals surface area contributed by atoms with Gasteiger partial charge in [0, 0.05) is 12.6 Å². The zero-order chi connectivity index (χ0) is 18.6. The molecule has 1 aromatic rings. The summed E-state index contributed by atoms with van der Waals surface area (Å²) >= 11 is 0. The van der Waals surface area contributed by atoms with Crippen LogP contribution in [-0.4, -0.2) is 57.9 Å². The molecule has 148 valence electrons. The summed E-state index contributed by atoms with van der Waals surface area (Å²) in [5.74, 6) is 1.32. The van der Waals surface area contributed by atoms with Crippen molar-refractivity contribution in [1.82, 2.24) is 19.8 Å². The highest BCUT2D eigenvalue weighted by atomic mass is 16.1. The van der Waals surface area contributed by atoms with E-state index in [2.05, 4.69) is 19.8 Å². The van der Waals surface area contributed by atoms with E-state index in [-0.39, 0.29) is 5.69 Å². The Morgan fingerprint density at radius 2 is 1.63 bits per heavy atom. The Morgan fingerprint density at radius 1 is 0.963 bits per heavy atom. The number of carbonyl (C=O) groups is 1. The van der Waals surface area contributed by atoms with Gasteiger partial charge in [-0.15, -0.1) is 0 Å². The van der Waals surface area contributed by atoms with E-state index in [4.69, 9.17) is 5.73 Å². The Labute approximate surface area is 162 Å². The smallest absolute Gasteiger partial charge is 0.268 e. The summed E-state index contributed by atoms with van der Waals surface area (Å²) in [5, 5.41) is 0. The normalized spacial score (nSPS) is 24.0. The summed E-state index contributed by atoms with van der Waals surface area (Å²) in [4.78, 5) is 24.7. The maximum absolute atomic E-state index is 11.1. The summed E-state index contributed by atoms with van der Waals surface area (Å²) in [6, 6.07) is 0.925. The molecule has 4 rings (SSSR count). The molecule has 0 radical (unpaired) electrons. The molecule has 1 saturated carbocycles. The van der Waals surface area contributed by atoms with E-state index >= 15 is 0 Å². The van der Waals surface area contributed by atoms with Gasteiger partial charge in [0.2, 0.25) is 0 Å². The number of amides is 1. The van der Waals surface area contributed by atoms with Gasteiger partial charge in [-0.1, -0.05) is 6.42 Å². The summed E-state index contributed by atoms with van der Waals surface area (Å²) in [7, 11) is 0. The van der Waals surface area contributed by atoms with Crippen LogP contribution in [0.4, 0.5) is 0 Å². The lowest BCUT2D eigenvalue weighted by Gasteiger charge is -2.42. The molecule has 2 N–H and O–H groups in total. The van der Waals surface area contributed by atoms with Gasteiger partial charge in [-0.05, 0) is 83.0 Å². The summed E-state index contributed by atoms with van der Waals surface area (Å²) in [6.07, 6.45) is 14.4. The molecular weight excluding hydrogens is 338 g/mol. The van der Waals surface area contributed by atoms with Crippen molar-refractivity contribution in [1.29, 1.82) is 0 Å². The van der Waals surface area contributed by atoms with Crippen molar-refractivity contribution >= 4 is 5.91 Å². The maximum atomic E-state index is 11.1. The first kappa shape index (κ1) is 18.8. The second-order valence-corrected chi connectivity index (χ2v) is 8.78. The Bertz CT molecular complexity index is 614. The SMILES string of the molecule is NC(=O)c1cnc(CN2CCC(CC3CCN(C4CCC4)CC3)CC2)cn1. The molecular formula is C21H33N5O. The molecule has 27 heavy (non-hydrogen) atoms. The van der Waals surface area contributed by atoms with Crippen LogP contribution in [0.1, 0.15) is 67.5 Å². The predicted octanol–water partition coefficient (Wildman–Crippen LogP) is 2.44. The third-order valence-electron chi connectivity index (χ3n) is 6.96. The van der Waals surface area contributed by atoms with E-state index in [1.807, 2.05) is 0 Å². The first-order valence-corrected chi connectivity index (χ1v) is 10.7. The molecule has 2 saturated heterocycles. The van der Waals surface area contributed by atoms with Gasteiger partial charge in [0.05, 0.1) is 18.1 Å². The number of hydrogen-bond donors (Lipinski definition) is 1. The van der Waals surface area contributed by atoms with Gasteiger partial charge in [-0.2, -0.15) is 0 Å². The fraction of sp³-hybridized carbons (Fsp3) is 0.762. The minimum absolute atomic E-state index is 0.237. The lowest BCUT2D eigenvalue weighted by molar-refractivity contribution is 0.0723. The monoisotopic (exact) mass is 371 g/mol. The molecule has 6 heteroatoms. The topological polar surface area (TPSA) is 75.4 Å². The number of rotatable bonds is 6. The van der Waals surface area contributed by atoms with Gasteiger partial charge < -0.3 is 10.6 Å². The second kappa shape index (κ2) is 8.65. The van der Waals surface area contributed by atoms with Crippen LogP contribution in [0.3, 0.4) is 0 Å². The highest BCUT2D eigenvalue weighted by Gasteiger charge is 2.30. The van der Waals surface area contributed by atoms with E-state index in [0.29, 0.717) is 0 Å². The van der Waals surface area contributed by atoms with Crippen LogP contribution >= 0.6 is 0 Å². The molecule has 2 aliphatic heterocycles. The molecule has 3 fully saturated rings. The predicted molar refractivity (Wildman–Crippen MR) is 105 cm³/mol. The van der Waals surface area contributed by atoms with E-state index < -0.39 is 5.91 Å². The Kier molecular flexibility index (Phi) is 6.03. The Balaban J connectivity index is 1.16. The van der Waals surface area contributed by atoms with Crippen LogP contribution in [-0.2, 0) is 6.54 Å². The molecule has 1 aromatic heterocycles. The van der Waals surface area contributed by atoms with Crippen molar-refractivity contribution in [2.75, 3.05) is 26.2 Å². The Hall–Kier alpha value is -1.53. The van der Waals surface area contributed by atoms with Gasteiger partial charge in [0.1, 0.15) is 5.69 Å². The van der Waals surface area contributed by atoms with Crippen LogP contribution in [0.5, 0.6) is 0 Å². The van der Waals surface area contributed by atoms with Crippen molar-refractivity contribution in [3.8, 4) is 0 Å². The number of likely N-dealkylation sites (tertiary alicyclic amines) is 2. The van der Waals surface area contributed by atoms with Crippen molar-refractivity contribution in [3.05, 3.63) is 23.8 Å². The van der Waals surface area contributed by atoms with Gasteiger partial charge in [0.25, 0.3) is 5.91 Å². The highest BCUT2D eigenvalue weighted by Crippen LogP contribution is 2.33. The van der Waals surface area contributed by atoms with Crippen molar-refractivity contribution in [2.45, 2.75) is 64.0 Å². The van der Waals surface area contributed by atoms with Crippen molar-refractivity contribution < 1.29 is 4.79 Å². The third-order valence-corrected chi connectivity index (χ3v) is 6.96. The largest absolute Gasteiger partial charge is 0.364 e. The summed E-state index contributed by atoms with van der Waals surface area (Å²) in [5.41, 5.74) is 6.37. The standard InChI is InChI=1S/C21H33N5O/c22-21(27)20-14-23-18(13-24-20)15-25-8-4-16(5-9-25)12-17-6-10-26(11-7-17)19-2-1-3-19/h13-14,16-17,19H,1-12,15H2,(H2,22,27). The van der Waals surface area contributed by atoms with Crippen molar-refractivity contribution in [3.63, 3.8) is 0 Å². The molecule has 1 amide bonds.